The maximum absolute atomic E-state index is 13.3. The Bertz CT molecular complexity index is 985. The highest BCUT2D eigenvalue weighted by Gasteiger charge is 2.33. The van der Waals surface area contributed by atoms with E-state index in [-0.39, 0.29) is 11.6 Å². The molecule has 5 nitrogen and oxygen atoms in total. The van der Waals surface area contributed by atoms with E-state index in [1.807, 2.05) is 49.3 Å². The quantitative estimate of drug-likeness (QED) is 0.728. The zero-order valence-electron chi connectivity index (χ0n) is 15.7. The average Bonchev–Trinajstić information content (AvgIpc) is 2.60. The standard InChI is InChI=1S/C20H20F3N5/c1-12-9-14(10-16(25-12)20(21,22)23)17-15(11-28(2)3)26-19(24)27-18(17)13-7-5-4-6-8-13/h4-10H,11H2,1-3H3,(H2,24,26,27). The van der Waals surface area contributed by atoms with Crippen molar-refractivity contribution in [3.05, 3.63) is 59.5 Å². The van der Waals surface area contributed by atoms with Gasteiger partial charge in [-0.25, -0.2) is 15.0 Å². The lowest BCUT2D eigenvalue weighted by Gasteiger charge is -2.18. The molecule has 146 valence electrons. The molecule has 2 N–H and O–H groups in total. The van der Waals surface area contributed by atoms with Gasteiger partial charge in [-0.1, -0.05) is 30.3 Å². The van der Waals surface area contributed by atoms with Crippen LogP contribution in [-0.2, 0) is 12.7 Å². The lowest BCUT2D eigenvalue weighted by molar-refractivity contribution is -0.141. The van der Waals surface area contributed by atoms with Gasteiger partial charge in [-0.3, -0.25) is 0 Å². The Morgan fingerprint density at radius 2 is 1.64 bits per heavy atom. The Morgan fingerprint density at radius 1 is 0.964 bits per heavy atom. The van der Waals surface area contributed by atoms with Crippen molar-refractivity contribution in [3.63, 3.8) is 0 Å². The van der Waals surface area contributed by atoms with E-state index in [4.69, 9.17) is 5.73 Å². The molecule has 0 fully saturated rings. The number of hydrogen-bond acceptors (Lipinski definition) is 5. The normalized spacial score (nSPS) is 11.8. The number of nitrogen functional groups attached to an aromatic ring is 1. The molecular formula is C20H20F3N5. The lowest BCUT2D eigenvalue weighted by atomic mass is 9.96. The van der Waals surface area contributed by atoms with Crippen LogP contribution >= 0.6 is 0 Å². The Balaban J connectivity index is 2.34. The van der Waals surface area contributed by atoms with Crippen molar-refractivity contribution >= 4 is 5.95 Å². The van der Waals surface area contributed by atoms with Gasteiger partial charge >= 0.3 is 6.18 Å². The third kappa shape index (κ3) is 4.28. The van der Waals surface area contributed by atoms with Gasteiger partial charge in [-0.05, 0) is 38.7 Å². The van der Waals surface area contributed by atoms with Crippen LogP contribution in [0.2, 0.25) is 0 Å². The lowest BCUT2D eigenvalue weighted by Crippen LogP contribution is -2.16. The molecule has 0 aliphatic heterocycles. The molecule has 0 unspecified atom stereocenters. The summed E-state index contributed by atoms with van der Waals surface area (Å²) in [6.45, 7) is 1.93. The molecule has 0 radical (unpaired) electrons. The number of alkyl halides is 3. The van der Waals surface area contributed by atoms with Crippen molar-refractivity contribution in [3.8, 4) is 22.4 Å². The van der Waals surface area contributed by atoms with Crippen molar-refractivity contribution in [2.75, 3.05) is 19.8 Å². The van der Waals surface area contributed by atoms with Crippen LogP contribution in [0.4, 0.5) is 19.1 Å². The number of pyridine rings is 1. The predicted octanol–water partition coefficient (Wildman–Crippen LogP) is 4.18. The van der Waals surface area contributed by atoms with E-state index in [0.29, 0.717) is 29.1 Å². The number of aryl methyl sites for hydroxylation is 1. The Kier molecular flexibility index (Phi) is 5.33. The fourth-order valence-corrected chi connectivity index (χ4v) is 3.01. The van der Waals surface area contributed by atoms with E-state index in [0.717, 1.165) is 11.6 Å². The SMILES string of the molecule is Cc1cc(-c2c(CN(C)C)nc(N)nc2-c2ccccc2)cc(C(F)(F)F)n1. The van der Waals surface area contributed by atoms with Crippen LogP contribution in [0.15, 0.2) is 42.5 Å². The number of hydrogen-bond donors (Lipinski definition) is 1. The molecule has 28 heavy (non-hydrogen) atoms. The second kappa shape index (κ2) is 7.55. The van der Waals surface area contributed by atoms with Crippen molar-refractivity contribution in [1.82, 2.24) is 19.9 Å². The molecule has 0 saturated heterocycles. The van der Waals surface area contributed by atoms with Crippen LogP contribution in [0.25, 0.3) is 22.4 Å². The molecule has 0 saturated carbocycles. The smallest absolute Gasteiger partial charge is 0.368 e. The summed E-state index contributed by atoms with van der Waals surface area (Å²) in [5, 5.41) is 0. The Labute approximate surface area is 161 Å². The zero-order valence-corrected chi connectivity index (χ0v) is 15.7. The number of nitrogens with two attached hydrogens (primary N) is 1. The van der Waals surface area contributed by atoms with Crippen LogP contribution in [0.3, 0.4) is 0 Å². The first-order valence-electron chi connectivity index (χ1n) is 8.58. The first-order valence-corrected chi connectivity index (χ1v) is 8.58. The molecule has 3 rings (SSSR count). The molecule has 2 heterocycles. The highest BCUT2D eigenvalue weighted by molar-refractivity contribution is 5.83. The van der Waals surface area contributed by atoms with Crippen LogP contribution < -0.4 is 5.73 Å². The maximum Gasteiger partial charge on any atom is 0.433 e. The van der Waals surface area contributed by atoms with Crippen LogP contribution in [0.1, 0.15) is 17.1 Å². The number of rotatable bonds is 4. The summed E-state index contributed by atoms with van der Waals surface area (Å²) in [4.78, 5) is 14.2. The molecule has 0 amide bonds. The molecule has 0 spiro atoms. The van der Waals surface area contributed by atoms with Crippen LogP contribution in [0, 0.1) is 6.92 Å². The second-order valence-electron chi connectivity index (χ2n) is 6.74. The molecule has 0 aliphatic rings. The summed E-state index contributed by atoms with van der Waals surface area (Å²) in [6.07, 6.45) is -4.55. The van der Waals surface area contributed by atoms with E-state index in [2.05, 4.69) is 15.0 Å². The first kappa shape index (κ1) is 19.8. The van der Waals surface area contributed by atoms with Gasteiger partial charge in [0.05, 0.1) is 11.4 Å². The van der Waals surface area contributed by atoms with Crippen molar-refractivity contribution in [2.45, 2.75) is 19.6 Å². The molecule has 0 aliphatic carbocycles. The molecule has 1 aromatic carbocycles. The second-order valence-corrected chi connectivity index (χ2v) is 6.74. The topological polar surface area (TPSA) is 67.9 Å². The zero-order chi connectivity index (χ0) is 20.5. The Morgan fingerprint density at radius 3 is 2.25 bits per heavy atom. The number of nitrogens with zero attached hydrogens (tertiary/aromatic N) is 4. The fourth-order valence-electron chi connectivity index (χ4n) is 3.01. The maximum atomic E-state index is 13.3. The van der Waals surface area contributed by atoms with Gasteiger partial charge in [0.25, 0.3) is 0 Å². The number of aromatic nitrogens is 3. The summed E-state index contributed by atoms with van der Waals surface area (Å²) in [5.74, 6) is 0.0706. The molecule has 3 aromatic rings. The fraction of sp³-hybridized carbons (Fsp3) is 0.250. The monoisotopic (exact) mass is 387 g/mol. The van der Waals surface area contributed by atoms with Crippen LogP contribution in [-0.4, -0.2) is 33.9 Å². The van der Waals surface area contributed by atoms with Gasteiger partial charge in [0, 0.05) is 23.4 Å². The summed E-state index contributed by atoms with van der Waals surface area (Å²) < 4.78 is 40.0. The molecule has 0 atom stereocenters. The summed E-state index contributed by atoms with van der Waals surface area (Å²) in [6, 6.07) is 11.8. The third-order valence-corrected chi connectivity index (χ3v) is 4.05. The molecule has 0 bridgehead atoms. The number of benzene rings is 1. The van der Waals surface area contributed by atoms with E-state index in [1.54, 1.807) is 6.07 Å². The van der Waals surface area contributed by atoms with Gasteiger partial charge in [0.2, 0.25) is 5.95 Å². The summed E-state index contributed by atoms with van der Waals surface area (Å²) in [5.41, 5.74) is 7.89. The first-order chi connectivity index (χ1) is 13.1. The largest absolute Gasteiger partial charge is 0.433 e. The van der Waals surface area contributed by atoms with Crippen molar-refractivity contribution in [1.29, 1.82) is 0 Å². The Hall–Kier alpha value is -3.00. The highest BCUT2D eigenvalue weighted by atomic mass is 19.4. The van der Waals surface area contributed by atoms with E-state index >= 15 is 0 Å². The van der Waals surface area contributed by atoms with E-state index < -0.39 is 11.9 Å². The molecule has 8 heteroatoms. The minimum absolute atomic E-state index is 0.0706. The third-order valence-electron chi connectivity index (χ3n) is 4.05. The summed E-state index contributed by atoms with van der Waals surface area (Å²) in [7, 11) is 3.70. The number of halogens is 3. The molecular weight excluding hydrogens is 367 g/mol. The minimum atomic E-state index is -4.55. The van der Waals surface area contributed by atoms with E-state index in [1.165, 1.54) is 6.92 Å². The van der Waals surface area contributed by atoms with E-state index in [9.17, 15) is 13.2 Å². The van der Waals surface area contributed by atoms with Crippen molar-refractivity contribution < 1.29 is 13.2 Å². The number of anilines is 1. The molecule has 2 aromatic heterocycles. The van der Waals surface area contributed by atoms with Gasteiger partial charge in [-0.2, -0.15) is 13.2 Å². The summed E-state index contributed by atoms with van der Waals surface area (Å²) >= 11 is 0. The predicted molar refractivity (Wildman–Crippen MR) is 102 cm³/mol. The van der Waals surface area contributed by atoms with Gasteiger partial charge in [0.15, 0.2) is 0 Å². The average molecular weight is 387 g/mol. The van der Waals surface area contributed by atoms with Gasteiger partial charge in [-0.15, -0.1) is 0 Å². The van der Waals surface area contributed by atoms with Gasteiger partial charge in [0.1, 0.15) is 5.69 Å². The van der Waals surface area contributed by atoms with Crippen molar-refractivity contribution in [2.24, 2.45) is 0 Å². The minimum Gasteiger partial charge on any atom is -0.368 e. The highest BCUT2D eigenvalue weighted by Crippen LogP contribution is 2.37. The van der Waals surface area contributed by atoms with Crippen LogP contribution in [0.5, 0.6) is 0 Å². The van der Waals surface area contributed by atoms with Gasteiger partial charge < -0.3 is 10.6 Å².